The Kier molecular flexibility index (Phi) is 7.06. The molecule has 1 saturated heterocycles. The molecule has 1 unspecified atom stereocenters. The summed E-state index contributed by atoms with van der Waals surface area (Å²) in [5.74, 6) is -0.499. The predicted molar refractivity (Wildman–Crippen MR) is 117 cm³/mol. The average Bonchev–Trinajstić information content (AvgIpc) is 2.73. The second-order valence-electron chi connectivity index (χ2n) is 7.71. The number of amides is 3. The van der Waals surface area contributed by atoms with E-state index in [4.69, 9.17) is 0 Å². The lowest BCUT2D eigenvalue weighted by molar-refractivity contribution is 0.0247. The van der Waals surface area contributed by atoms with Gasteiger partial charge in [-0.15, -0.1) is 0 Å². The van der Waals surface area contributed by atoms with Crippen LogP contribution < -0.4 is 10.6 Å². The molecular formula is C22H28FN5O3. The molecule has 0 radical (unpaired) electrons. The van der Waals surface area contributed by atoms with Crippen LogP contribution in [0.5, 0.6) is 0 Å². The van der Waals surface area contributed by atoms with Crippen LogP contribution in [0.3, 0.4) is 0 Å². The van der Waals surface area contributed by atoms with Crippen LogP contribution in [-0.2, 0) is 6.54 Å². The third kappa shape index (κ3) is 5.29. The summed E-state index contributed by atoms with van der Waals surface area (Å²) < 4.78 is 15.1. The van der Waals surface area contributed by atoms with E-state index < -0.39 is 17.9 Å². The van der Waals surface area contributed by atoms with Crippen molar-refractivity contribution in [3.05, 3.63) is 53.6 Å². The molecule has 1 fully saturated rings. The normalized spacial score (nSPS) is 19.2. The van der Waals surface area contributed by atoms with Crippen LogP contribution in [-0.4, -0.2) is 57.2 Å². The van der Waals surface area contributed by atoms with E-state index >= 15 is 4.39 Å². The number of aryl methyl sites for hydroxylation is 1. The number of nitrogens with one attached hydrogen (secondary N) is 2. The van der Waals surface area contributed by atoms with E-state index in [9.17, 15) is 14.7 Å². The molecule has 31 heavy (non-hydrogen) atoms. The SMILES string of the molecule is CCC1[C@@H](C)N(Cc2cccc(NC(=O)Nc3ccc(C)nc3)c2F)CCN1C(=O)O. The molecule has 0 spiro atoms. The number of rotatable bonds is 5. The van der Waals surface area contributed by atoms with Gasteiger partial charge in [0.05, 0.1) is 23.6 Å². The first-order valence-electron chi connectivity index (χ1n) is 10.3. The fraction of sp³-hybridized carbons (Fsp3) is 0.409. The number of benzene rings is 1. The average molecular weight is 429 g/mol. The van der Waals surface area contributed by atoms with Crippen molar-refractivity contribution in [3.8, 4) is 0 Å². The number of hydrogen-bond donors (Lipinski definition) is 3. The van der Waals surface area contributed by atoms with Crippen molar-refractivity contribution in [2.45, 2.75) is 45.8 Å². The zero-order valence-corrected chi connectivity index (χ0v) is 17.9. The first kappa shape index (κ1) is 22.5. The Morgan fingerprint density at radius 2 is 2.00 bits per heavy atom. The quantitative estimate of drug-likeness (QED) is 0.664. The highest BCUT2D eigenvalue weighted by Crippen LogP contribution is 2.25. The molecule has 2 atom stereocenters. The van der Waals surface area contributed by atoms with E-state index in [1.54, 1.807) is 24.3 Å². The van der Waals surface area contributed by atoms with Gasteiger partial charge in [0, 0.05) is 36.9 Å². The Labute approximate surface area is 181 Å². The molecular weight excluding hydrogens is 401 g/mol. The molecule has 3 N–H and O–H groups in total. The molecule has 0 aliphatic carbocycles. The van der Waals surface area contributed by atoms with Crippen LogP contribution in [0.4, 0.5) is 25.4 Å². The molecule has 0 bridgehead atoms. The van der Waals surface area contributed by atoms with Crippen LogP contribution in [0.15, 0.2) is 36.5 Å². The van der Waals surface area contributed by atoms with E-state index in [0.29, 0.717) is 37.3 Å². The van der Waals surface area contributed by atoms with Gasteiger partial charge in [0.2, 0.25) is 0 Å². The molecule has 0 saturated carbocycles. The zero-order valence-electron chi connectivity index (χ0n) is 17.9. The Hall–Kier alpha value is -3.20. The van der Waals surface area contributed by atoms with Crippen molar-refractivity contribution in [3.63, 3.8) is 0 Å². The van der Waals surface area contributed by atoms with Crippen molar-refractivity contribution >= 4 is 23.5 Å². The molecule has 1 aliphatic heterocycles. The van der Waals surface area contributed by atoms with Gasteiger partial charge in [-0.25, -0.2) is 14.0 Å². The highest BCUT2D eigenvalue weighted by atomic mass is 19.1. The van der Waals surface area contributed by atoms with Crippen molar-refractivity contribution in [2.24, 2.45) is 0 Å². The van der Waals surface area contributed by atoms with Gasteiger partial charge in [0.25, 0.3) is 0 Å². The summed E-state index contributed by atoms with van der Waals surface area (Å²) in [5, 5.41) is 14.6. The topological polar surface area (TPSA) is 97.8 Å². The summed E-state index contributed by atoms with van der Waals surface area (Å²) in [6.07, 6.45) is 1.29. The number of anilines is 2. The minimum Gasteiger partial charge on any atom is -0.465 e. The second kappa shape index (κ2) is 9.74. The first-order chi connectivity index (χ1) is 14.8. The van der Waals surface area contributed by atoms with Crippen LogP contribution in [0, 0.1) is 12.7 Å². The van der Waals surface area contributed by atoms with Gasteiger partial charge < -0.3 is 20.6 Å². The molecule has 2 aromatic rings. The summed E-state index contributed by atoms with van der Waals surface area (Å²) in [7, 11) is 0. The molecule has 1 aliphatic rings. The maximum absolute atomic E-state index is 15.1. The van der Waals surface area contributed by atoms with Crippen LogP contribution in [0.25, 0.3) is 0 Å². The number of pyridine rings is 1. The Morgan fingerprint density at radius 1 is 1.23 bits per heavy atom. The minimum atomic E-state index is -0.925. The van der Waals surface area contributed by atoms with Gasteiger partial charge >= 0.3 is 12.1 Å². The lowest BCUT2D eigenvalue weighted by atomic mass is 9.99. The van der Waals surface area contributed by atoms with E-state index in [0.717, 1.165) is 5.69 Å². The van der Waals surface area contributed by atoms with Gasteiger partial charge in [-0.3, -0.25) is 9.88 Å². The fourth-order valence-electron chi connectivity index (χ4n) is 3.98. The third-order valence-corrected chi connectivity index (χ3v) is 5.69. The third-order valence-electron chi connectivity index (χ3n) is 5.69. The molecule has 8 nitrogen and oxygen atoms in total. The minimum absolute atomic E-state index is 0.0526. The van der Waals surface area contributed by atoms with E-state index in [1.807, 2.05) is 20.8 Å². The highest BCUT2D eigenvalue weighted by Gasteiger charge is 2.35. The summed E-state index contributed by atoms with van der Waals surface area (Å²) in [6, 6.07) is 7.61. The van der Waals surface area contributed by atoms with Crippen LogP contribution in [0.2, 0.25) is 0 Å². The number of nitrogens with zero attached hydrogens (tertiary/aromatic N) is 3. The largest absolute Gasteiger partial charge is 0.465 e. The van der Waals surface area contributed by atoms with Gasteiger partial charge in [0.1, 0.15) is 0 Å². The number of aromatic nitrogens is 1. The van der Waals surface area contributed by atoms with Gasteiger partial charge in [-0.2, -0.15) is 0 Å². The number of hydrogen-bond acceptors (Lipinski definition) is 4. The Balaban J connectivity index is 1.68. The van der Waals surface area contributed by atoms with Crippen molar-refractivity contribution < 1.29 is 19.1 Å². The number of halogens is 1. The Bertz CT molecular complexity index is 937. The number of carboxylic acid groups (broad SMARTS) is 1. The molecule has 3 rings (SSSR count). The standard InChI is InChI=1S/C22H28FN5O3/c1-4-19-15(3)27(10-11-28(19)22(30)31)13-16-6-5-7-18(20(16)23)26-21(29)25-17-9-8-14(2)24-12-17/h5-9,12,15,19H,4,10-11,13H2,1-3H3,(H,30,31)(H2,25,26,29)/t15-,19?/m1/s1. The summed E-state index contributed by atoms with van der Waals surface area (Å²) in [6.45, 7) is 6.98. The van der Waals surface area contributed by atoms with Gasteiger partial charge in [-0.05, 0) is 38.5 Å². The van der Waals surface area contributed by atoms with Gasteiger partial charge in [-0.1, -0.05) is 19.1 Å². The number of carbonyl (C=O) groups excluding carboxylic acids is 1. The number of piperazine rings is 1. The van der Waals surface area contributed by atoms with Crippen molar-refractivity contribution in [1.82, 2.24) is 14.8 Å². The lowest BCUT2D eigenvalue weighted by Gasteiger charge is -2.45. The highest BCUT2D eigenvalue weighted by molar-refractivity contribution is 5.99. The number of carbonyl (C=O) groups is 2. The summed E-state index contributed by atoms with van der Waals surface area (Å²) in [5.41, 5.74) is 1.86. The fourth-order valence-corrected chi connectivity index (χ4v) is 3.98. The maximum atomic E-state index is 15.1. The lowest BCUT2D eigenvalue weighted by Crippen LogP contribution is -2.59. The molecule has 2 heterocycles. The first-order valence-corrected chi connectivity index (χ1v) is 10.3. The summed E-state index contributed by atoms with van der Waals surface area (Å²) >= 11 is 0. The van der Waals surface area contributed by atoms with Crippen molar-refractivity contribution in [1.29, 1.82) is 0 Å². The van der Waals surface area contributed by atoms with E-state index in [1.165, 1.54) is 17.2 Å². The molecule has 9 heteroatoms. The predicted octanol–water partition coefficient (Wildman–Crippen LogP) is 4.14. The van der Waals surface area contributed by atoms with Crippen LogP contribution in [0.1, 0.15) is 31.5 Å². The van der Waals surface area contributed by atoms with E-state index in [-0.39, 0.29) is 17.8 Å². The smallest absolute Gasteiger partial charge is 0.407 e. The Morgan fingerprint density at radius 3 is 2.65 bits per heavy atom. The second-order valence-corrected chi connectivity index (χ2v) is 7.71. The molecule has 3 amide bonds. The molecule has 1 aromatic heterocycles. The van der Waals surface area contributed by atoms with E-state index in [2.05, 4.69) is 20.5 Å². The maximum Gasteiger partial charge on any atom is 0.407 e. The van der Waals surface area contributed by atoms with Crippen molar-refractivity contribution in [2.75, 3.05) is 23.7 Å². The van der Waals surface area contributed by atoms with Gasteiger partial charge in [0.15, 0.2) is 5.82 Å². The zero-order chi connectivity index (χ0) is 22.5. The van der Waals surface area contributed by atoms with Crippen LogP contribution >= 0.6 is 0 Å². The molecule has 166 valence electrons. The number of urea groups is 1. The monoisotopic (exact) mass is 429 g/mol. The summed E-state index contributed by atoms with van der Waals surface area (Å²) in [4.78, 5) is 31.4. The molecule has 1 aromatic carbocycles.